The van der Waals surface area contributed by atoms with Crippen LogP contribution in [0.15, 0.2) is 65.5 Å². The third-order valence-corrected chi connectivity index (χ3v) is 4.19. The number of hydrogen-bond donors (Lipinski definition) is 1. The van der Waals surface area contributed by atoms with E-state index in [1.54, 1.807) is 36.3 Å². The molecule has 0 fully saturated rings. The number of nitrogens with one attached hydrogen (secondary N) is 1. The zero-order chi connectivity index (χ0) is 18.6. The second kappa shape index (κ2) is 7.33. The predicted molar refractivity (Wildman–Crippen MR) is 101 cm³/mol. The summed E-state index contributed by atoms with van der Waals surface area (Å²) in [7, 11) is 1.57. The minimum absolute atomic E-state index is 0.257. The molecule has 4 aromatic rings. The van der Waals surface area contributed by atoms with Gasteiger partial charge in [-0.3, -0.25) is 14.5 Å². The number of ether oxygens (including phenoxy) is 1. The first kappa shape index (κ1) is 16.8. The van der Waals surface area contributed by atoms with Gasteiger partial charge in [0.15, 0.2) is 17.1 Å². The average molecular weight is 362 g/mol. The Morgan fingerprint density at radius 2 is 2.07 bits per heavy atom. The summed E-state index contributed by atoms with van der Waals surface area (Å²) in [4.78, 5) is 16.4. The van der Waals surface area contributed by atoms with Crippen molar-refractivity contribution in [3.8, 4) is 17.0 Å². The van der Waals surface area contributed by atoms with Crippen LogP contribution in [-0.4, -0.2) is 34.3 Å². The van der Waals surface area contributed by atoms with Gasteiger partial charge in [-0.15, -0.1) is 0 Å². The smallest absolute Gasteiger partial charge is 0.287 e. The van der Waals surface area contributed by atoms with E-state index in [4.69, 9.17) is 9.15 Å². The minimum Gasteiger partial charge on any atom is -0.493 e. The zero-order valence-electron chi connectivity index (χ0n) is 14.8. The number of nitrogens with zero attached hydrogens (tertiary/aromatic N) is 3. The van der Waals surface area contributed by atoms with Crippen LogP contribution in [-0.2, 0) is 6.54 Å². The van der Waals surface area contributed by atoms with Gasteiger partial charge in [0.1, 0.15) is 0 Å². The van der Waals surface area contributed by atoms with E-state index in [0.717, 1.165) is 16.6 Å². The monoisotopic (exact) mass is 362 g/mol. The second-order valence-corrected chi connectivity index (χ2v) is 5.95. The number of carbonyl (C=O) groups is 1. The molecule has 1 N–H and O–H groups in total. The fraction of sp³-hybridized carbons (Fsp3) is 0.150. The third kappa shape index (κ3) is 3.52. The van der Waals surface area contributed by atoms with Crippen molar-refractivity contribution in [3.63, 3.8) is 0 Å². The van der Waals surface area contributed by atoms with E-state index >= 15 is 0 Å². The molecule has 0 spiro atoms. The molecule has 27 heavy (non-hydrogen) atoms. The van der Waals surface area contributed by atoms with Crippen molar-refractivity contribution >= 4 is 16.9 Å². The quantitative estimate of drug-likeness (QED) is 0.570. The van der Waals surface area contributed by atoms with Gasteiger partial charge in [0, 0.05) is 36.1 Å². The number of methoxy groups -OCH3 is 1. The molecule has 0 saturated heterocycles. The van der Waals surface area contributed by atoms with Crippen LogP contribution in [0.1, 0.15) is 10.6 Å². The zero-order valence-corrected chi connectivity index (χ0v) is 14.8. The van der Waals surface area contributed by atoms with Gasteiger partial charge < -0.3 is 14.5 Å². The molecular weight excluding hydrogens is 344 g/mol. The molecular formula is C20H18N4O3. The highest BCUT2D eigenvalue weighted by Gasteiger charge is 2.14. The van der Waals surface area contributed by atoms with Crippen molar-refractivity contribution in [2.45, 2.75) is 6.54 Å². The number of benzene rings is 1. The highest BCUT2D eigenvalue weighted by Crippen LogP contribution is 2.28. The van der Waals surface area contributed by atoms with Gasteiger partial charge in [-0.05, 0) is 30.3 Å². The number of hydrogen-bond acceptors (Lipinski definition) is 5. The average Bonchev–Trinajstić information content (AvgIpc) is 3.35. The van der Waals surface area contributed by atoms with Crippen LogP contribution in [0.4, 0.5) is 0 Å². The molecule has 7 heteroatoms. The van der Waals surface area contributed by atoms with Gasteiger partial charge in [0.05, 0.1) is 19.3 Å². The number of para-hydroxylation sites is 1. The lowest BCUT2D eigenvalue weighted by Crippen LogP contribution is -2.27. The molecule has 1 aromatic carbocycles. The van der Waals surface area contributed by atoms with Gasteiger partial charge in [-0.25, -0.2) is 0 Å². The first-order chi connectivity index (χ1) is 13.2. The number of aromatic nitrogens is 3. The van der Waals surface area contributed by atoms with Crippen molar-refractivity contribution in [2.75, 3.05) is 13.7 Å². The lowest BCUT2D eigenvalue weighted by atomic mass is 10.2. The Hall–Kier alpha value is -3.61. The van der Waals surface area contributed by atoms with E-state index in [9.17, 15) is 4.79 Å². The fourth-order valence-electron chi connectivity index (χ4n) is 2.84. The minimum atomic E-state index is -0.269. The number of fused-ring (bicyclic) bond motifs is 1. The molecule has 0 aliphatic heterocycles. The number of furan rings is 1. The summed E-state index contributed by atoms with van der Waals surface area (Å²) in [6, 6.07) is 13.0. The Balaban J connectivity index is 1.38. The first-order valence-corrected chi connectivity index (χ1v) is 8.53. The molecule has 0 bridgehead atoms. The Labute approximate surface area is 155 Å². The van der Waals surface area contributed by atoms with Crippen LogP contribution in [0.3, 0.4) is 0 Å². The largest absolute Gasteiger partial charge is 0.493 e. The molecule has 1 amide bonds. The maximum absolute atomic E-state index is 12.3. The Morgan fingerprint density at radius 3 is 2.89 bits per heavy atom. The molecule has 0 radical (unpaired) electrons. The maximum atomic E-state index is 12.3. The first-order valence-electron chi connectivity index (χ1n) is 8.53. The molecule has 3 aromatic heterocycles. The summed E-state index contributed by atoms with van der Waals surface area (Å²) < 4.78 is 12.7. The van der Waals surface area contributed by atoms with Crippen LogP contribution >= 0.6 is 0 Å². The van der Waals surface area contributed by atoms with E-state index in [0.29, 0.717) is 24.4 Å². The molecule has 4 rings (SSSR count). The van der Waals surface area contributed by atoms with Crippen LogP contribution in [0, 0.1) is 0 Å². The number of amides is 1. The number of rotatable bonds is 6. The van der Waals surface area contributed by atoms with Crippen molar-refractivity contribution in [3.05, 3.63) is 66.8 Å². The standard InChI is InChI=1S/C20H18N4O3/c1-26-17-4-2-3-15-13-18(27-19(15)17)20(25)22-10-12-24-11-7-16(23-24)14-5-8-21-9-6-14/h2-9,11,13H,10,12H2,1H3,(H,22,25). The summed E-state index contributed by atoms with van der Waals surface area (Å²) in [6.45, 7) is 0.991. The summed E-state index contributed by atoms with van der Waals surface area (Å²) in [5, 5.41) is 8.18. The fourth-order valence-corrected chi connectivity index (χ4v) is 2.84. The van der Waals surface area contributed by atoms with E-state index in [1.807, 2.05) is 36.5 Å². The van der Waals surface area contributed by atoms with Gasteiger partial charge >= 0.3 is 0 Å². The molecule has 0 atom stereocenters. The lowest BCUT2D eigenvalue weighted by molar-refractivity contribution is 0.0926. The summed E-state index contributed by atoms with van der Waals surface area (Å²) in [5.74, 6) is 0.592. The van der Waals surface area contributed by atoms with Gasteiger partial charge in [-0.2, -0.15) is 5.10 Å². The summed E-state index contributed by atoms with van der Waals surface area (Å²) in [6.07, 6.45) is 5.35. The van der Waals surface area contributed by atoms with Crippen LogP contribution in [0.5, 0.6) is 5.75 Å². The van der Waals surface area contributed by atoms with Gasteiger partial charge in [0.25, 0.3) is 5.91 Å². The van der Waals surface area contributed by atoms with Gasteiger partial charge in [0.2, 0.25) is 0 Å². The number of carbonyl (C=O) groups excluding carboxylic acids is 1. The highest BCUT2D eigenvalue weighted by atomic mass is 16.5. The lowest BCUT2D eigenvalue weighted by Gasteiger charge is -2.04. The van der Waals surface area contributed by atoms with E-state index < -0.39 is 0 Å². The number of pyridine rings is 1. The molecule has 0 aliphatic rings. The molecule has 0 saturated carbocycles. The van der Waals surface area contributed by atoms with Crippen LogP contribution in [0.2, 0.25) is 0 Å². The Kier molecular flexibility index (Phi) is 4.57. The van der Waals surface area contributed by atoms with Crippen LogP contribution in [0.25, 0.3) is 22.2 Å². The second-order valence-electron chi connectivity index (χ2n) is 5.95. The van der Waals surface area contributed by atoms with Crippen molar-refractivity contribution in [1.82, 2.24) is 20.1 Å². The SMILES string of the molecule is COc1cccc2cc(C(=O)NCCn3ccc(-c4ccncc4)n3)oc12. The molecule has 0 aliphatic carbocycles. The topological polar surface area (TPSA) is 82.2 Å². The third-order valence-electron chi connectivity index (χ3n) is 4.19. The predicted octanol–water partition coefficient (Wildman–Crippen LogP) is 3.13. The maximum Gasteiger partial charge on any atom is 0.287 e. The van der Waals surface area contributed by atoms with Gasteiger partial charge in [-0.1, -0.05) is 12.1 Å². The molecule has 3 heterocycles. The van der Waals surface area contributed by atoms with E-state index in [1.165, 1.54) is 0 Å². The van der Waals surface area contributed by atoms with E-state index in [-0.39, 0.29) is 11.7 Å². The van der Waals surface area contributed by atoms with Crippen molar-refractivity contribution in [2.24, 2.45) is 0 Å². The Bertz CT molecular complexity index is 1070. The molecule has 136 valence electrons. The van der Waals surface area contributed by atoms with Crippen molar-refractivity contribution in [1.29, 1.82) is 0 Å². The summed E-state index contributed by atoms with van der Waals surface area (Å²) in [5.41, 5.74) is 2.44. The van der Waals surface area contributed by atoms with E-state index in [2.05, 4.69) is 15.4 Å². The van der Waals surface area contributed by atoms with Crippen molar-refractivity contribution < 1.29 is 13.9 Å². The summed E-state index contributed by atoms with van der Waals surface area (Å²) >= 11 is 0. The molecule has 0 unspecified atom stereocenters. The normalized spacial score (nSPS) is 10.9. The van der Waals surface area contributed by atoms with Crippen LogP contribution < -0.4 is 10.1 Å². The highest BCUT2D eigenvalue weighted by molar-refractivity contribution is 5.97. The molecule has 7 nitrogen and oxygen atoms in total. The Morgan fingerprint density at radius 1 is 1.22 bits per heavy atom.